The Kier molecular flexibility index (Phi) is 1.27. The van der Waals surface area contributed by atoms with Gasteiger partial charge in [0.15, 0.2) is 0 Å². The van der Waals surface area contributed by atoms with Crippen molar-refractivity contribution >= 4 is 0 Å². The Morgan fingerprint density at radius 2 is 2.40 bits per heavy atom. The molecule has 1 aliphatic carbocycles. The minimum Gasteiger partial charge on any atom is -0.364 e. The van der Waals surface area contributed by atoms with E-state index in [1.54, 1.807) is 0 Å². The summed E-state index contributed by atoms with van der Waals surface area (Å²) >= 11 is 0. The van der Waals surface area contributed by atoms with Gasteiger partial charge >= 0.3 is 0 Å². The molecule has 3 N–H and O–H groups in total. The molecule has 54 valence electrons. The first-order chi connectivity index (χ1) is 4.88. The summed E-state index contributed by atoms with van der Waals surface area (Å²) in [6, 6.07) is 4.32. The van der Waals surface area contributed by atoms with Gasteiger partial charge in [0.2, 0.25) is 0 Å². The summed E-state index contributed by atoms with van der Waals surface area (Å²) in [5.74, 6) is 0.749. The van der Waals surface area contributed by atoms with Crippen LogP contribution in [-0.2, 0) is 0 Å². The third-order valence-electron chi connectivity index (χ3n) is 2.11. The number of aromatic nitrogens is 1. The van der Waals surface area contributed by atoms with E-state index in [9.17, 15) is 0 Å². The monoisotopic (exact) mass is 136 g/mol. The summed E-state index contributed by atoms with van der Waals surface area (Å²) in [4.78, 5) is 3.13. The normalized spacial score (nSPS) is 20.9. The molecule has 2 heteroatoms. The number of nitrogens with two attached hydrogens (primary N) is 1. The molecule has 1 atom stereocenters. The average Bonchev–Trinajstić information content (AvgIpc) is 2.65. The molecule has 1 saturated carbocycles. The van der Waals surface area contributed by atoms with E-state index in [1.807, 2.05) is 12.3 Å². The van der Waals surface area contributed by atoms with Crippen molar-refractivity contribution in [3.8, 4) is 0 Å². The van der Waals surface area contributed by atoms with Gasteiger partial charge in [-0.1, -0.05) is 0 Å². The second-order valence-electron chi connectivity index (χ2n) is 2.99. The average molecular weight is 136 g/mol. The van der Waals surface area contributed by atoms with Gasteiger partial charge in [-0.3, -0.25) is 0 Å². The van der Waals surface area contributed by atoms with Crippen molar-refractivity contribution < 1.29 is 0 Å². The summed E-state index contributed by atoms with van der Waals surface area (Å²) in [6.45, 7) is 0. The minimum atomic E-state index is 0.259. The van der Waals surface area contributed by atoms with E-state index >= 15 is 0 Å². The van der Waals surface area contributed by atoms with Crippen LogP contribution in [0.3, 0.4) is 0 Å². The Hall–Kier alpha value is -0.760. The van der Waals surface area contributed by atoms with Gasteiger partial charge in [-0.2, -0.15) is 0 Å². The van der Waals surface area contributed by atoms with E-state index in [4.69, 9.17) is 5.73 Å². The van der Waals surface area contributed by atoms with Crippen LogP contribution in [0.5, 0.6) is 0 Å². The molecule has 1 aromatic heterocycles. The van der Waals surface area contributed by atoms with E-state index in [1.165, 1.54) is 18.5 Å². The van der Waals surface area contributed by atoms with E-state index in [2.05, 4.69) is 11.1 Å². The van der Waals surface area contributed by atoms with Gasteiger partial charge < -0.3 is 10.7 Å². The molecule has 0 radical (unpaired) electrons. The topological polar surface area (TPSA) is 41.8 Å². The van der Waals surface area contributed by atoms with Crippen LogP contribution in [0.4, 0.5) is 0 Å². The first-order valence-corrected chi connectivity index (χ1v) is 3.77. The Labute approximate surface area is 60.4 Å². The summed E-state index contributed by atoms with van der Waals surface area (Å²) in [5, 5.41) is 0. The lowest BCUT2D eigenvalue weighted by Gasteiger charge is -2.05. The van der Waals surface area contributed by atoms with E-state index < -0.39 is 0 Å². The predicted molar refractivity (Wildman–Crippen MR) is 40.4 cm³/mol. The minimum absolute atomic E-state index is 0.259. The lowest BCUT2D eigenvalue weighted by atomic mass is 10.1. The second kappa shape index (κ2) is 2.13. The Balaban J connectivity index is 2.11. The van der Waals surface area contributed by atoms with Crippen molar-refractivity contribution in [2.75, 3.05) is 0 Å². The fourth-order valence-corrected chi connectivity index (χ4v) is 1.26. The van der Waals surface area contributed by atoms with E-state index in [-0.39, 0.29) is 6.04 Å². The molecule has 1 heterocycles. The molecule has 2 nitrogen and oxygen atoms in total. The maximum Gasteiger partial charge on any atom is 0.0476 e. The molecule has 0 bridgehead atoms. The Morgan fingerprint density at radius 1 is 1.60 bits per heavy atom. The van der Waals surface area contributed by atoms with Crippen molar-refractivity contribution in [3.05, 3.63) is 24.0 Å². The van der Waals surface area contributed by atoms with Crippen LogP contribution in [0.15, 0.2) is 18.3 Å². The largest absolute Gasteiger partial charge is 0.364 e. The number of rotatable bonds is 2. The van der Waals surface area contributed by atoms with Crippen LogP contribution in [0.1, 0.15) is 24.6 Å². The van der Waals surface area contributed by atoms with Crippen molar-refractivity contribution in [2.45, 2.75) is 18.9 Å². The third kappa shape index (κ3) is 0.948. The molecule has 0 aliphatic heterocycles. The van der Waals surface area contributed by atoms with Crippen LogP contribution in [0, 0.1) is 5.92 Å². The Bertz CT molecular complexity index is 199. The summed E-state index contributed by atoms with van der Waals surface area (Å²) in [7, 11) is 0. The van der Waals surface area contributed by atoms with Crippen molar-refractivity contribution in [1.82, 2.24) is 4.98 Å². The molecular formula is C8H12N2. The predicted octanol–water partition coefficient (Wildman–Crippen LogP) is 1.42. The van der Waals surface area contributed by atoms with Gasteiger partial charge in [-0.05, 0) is 30.9 Å². The van der Waals surface area contributed by atoms with Crippen LogP contribution in [0.2, 0.25) is 0 Å². The van der Waals surface area contributed by atoms with Crippen molar-refractivity contribution in [1.29, 1.82) is 0 Å². The second-order valence-corrected chi connectivity index (χ2v) is 2.99. The fraction of sp³-hybridized carbons (Fsp3) is 0.500. The highest BCUT2D eigenvalue weighted by Gasteiger charge is 2.29. The van der Waals surface area contributed by atoms with Gasteiger partial charge in [0.05, 0.1) is 0 Å². The van der Waals surface area contributed by atoms with Crippen LogP contribution >= 0.6 is 0 Å². The number of nitrogens with one attached hydrogen (secondary N) is 1. The molecule has 1 fully saturated rings. The highest BCUT2D eigenvalue weighted by atomic mass is 14.8. The number of aromatic amines is 1. The number of hydrogen-bond donors (Lipinski definition) is 2. The highest BCUT2D eigenvalue weighted by molar-refractivity contribution is 5.11. The molecule has 10 heavy (non-hydrogen) atoms. The molecule has 1 unspecified atom stereocenters. The van der Waals surface area contributed by atoms with Crippen LogP contribution < -0.4 is 5.73 Å². The van der Waals surface area contributed by atoms with Gasteiger partial charge in [0.25, 0.3) is 0 Å². The molecule has 1 aromatic rings. The third-order valence-corrected chi connectivity index (χ3v) is 2.11. The quantitative estimate of drug-likeness (QED) is 0.634. The molecule has 0 aromatic carbocycles. The zero-order valence-corrected chi connectivity index (χ0v) is 5.88. The van der Waals surface area contributed by atoms with Crippen molar-refractivity contribution in [3.63, 3.8) is 0 Å². The first-order valence-electron chi connectivity index (χ1n) is 3.77. The van der Waals surface area contributed by atoms with E-state index in [0.29, 0.717) is 0 Å². The van der Waals surface area contributed by atoms with Crippen LogP contribution in [0.25, 0.3) is 0 Å². The molecule has 2 rings (SSSR count). The highest BCUT2D eigenvalue weighted by Crippen LogP contribution is 2.38. The van der Waals surface area contributed by atoms with Crippen LogP contribution in [-0.4, -0.2) is 4.98 Å². The Morgan fingerprint density at radius 3 is 2.90 bits per heavy atom. The molecule has 0 saturated heterocycles. The fourth-order valence-electron chi connectivity index (χ4n) is 1.26. The van der Waals surface area contributed by atoms with Gasteiger partial charge in [-0.25, -0.2) is 0 Å². The zero-order chi connectivity index (χ0) is 6.97. The summed E-state index contributed by atoms with van der Waals surface area (Å²) in [6.07, 6.45) is 4.54. The summed E-state index contributed by atoms with van der Waals surface area (Å²) < 4.78 is 0. The first kappa shape index (κ1) is 5.98. The molecule has 0 spiro atoms. The van der Waals surface area contributed by atoms with Gasteiger partial charge in [0.1, 0.15) is 0 Å². The molecule has 0 amide bonds. The SMILES string of the molecule is NC(c1ccc[nH]1)C1CC1. The number of hydrogen-bond acceptors (Lipinski definition) is 1. The lowest BCUT2D eigenvalue weighted by Crippen LogP contribution is -2.12. The zero-order valence-electron chi connectivity index (χ0n) is 5.88. The summed E-state index contributed by atoms with van der Waals surface area (Å²) in [5.41, 5.74) is 7.10. The standard InChI is InChI=1S/C8H12N2/c9-8(6-3-4-6)7-2-1-5-10-7/h1-2,5-6,8,10H,3-4,9H2. The molecule has 1 aliphatic rings. The van der Waals surface area contributed by atoms with Gasteiger partial charge in [0, 0.05) is 17.9 Å². The van der Waals surface area contributed by atoms with Gasteiger partial charge in [-0.15, -0.1) is 0 Å². The molecular weight excluding hydrogens is 124 g/mol. The smallest absolute Gasteiger partial charge is 0.0476 e. The van der Waals surface area contributed by atoms with Crippen molar-refractivity contribution in [2.24, 2.45) is 11.7 Å². The maximum absolute atomic E-state index is 5.91. The van der Waals surface area contributed by atoms with E-state index in [0.717, 1.165) is 5.92 Å². The lowest BCUT2D eigenvalue weighted by molar-refractivity contribution is 0.618. The number of H-pyrrole nitrogens is 1. The maximum atomic E-state index is 5.91.